The monoisotopic (exact) mass is 588 g/mol. The average molecular weight is 589 g/mol. The van der Waals surface area contributed by atoms with E-state index in [0.717, 1.165) is 21.5 Å². The van der Waals surface area contributed by atoms with Crippen molar-refractivity contribution in [2.24, 2.45) is 0 Å². The molecule has 0 saturated heterocycles. The van der Waals surface area contributed by atoms with Gasteiger partial charge in [0.15, 0.2) is 0 Å². The van der Waals surface area contributed by atoms with Crippen molar-refractivity contribution in [2.75, 3.05) is 10.6 Å². The Morgan fingerprint density at radius 2 is 0.841 bits per heavy atom. The highest BCUT2D eigenvalue weighted by Gasteiger charge is 2.17. The minimum atomic E-state index is -0.449. The lowest BCUT2D eigenvalue weighted by Crippen LogP contribution is -2.31. The van der Waals surface area contributed by atoms with Gasteiger partial charge in [-0.25, -0.2) is 9.97 Å². The smallest absolute Gasteiger partial charge is 0.274 e. The minimum absolute atomic E-state index is 0.0632. The molecule has 222 valence electrons. The molecule has 0 saturated carbocycles. The van der Waals surface area contributed by atoms with E-state index < -0.39 is 11.8 Å². The summed E-state index contributed by atoms with van der Waals surface area (Å²) in [5, 5.41) is 14.6. The van der Waals surface area contributed by atoms with Crippen molar-refractivity contribution in [3.63, 3.8) is 0 Å². The summed E-state index contributed by atoms with van der Waals surface area (Å²) in [4.78, 5) is 59.6. The molecule has 2 heterocycles. The normalized spacial score (nSPS) is 11.0. The lowest BCUT2D eigenvalue weighted by atomic mass is 10.0. The summed E-state index contributed by atoms with van der Waals surface area (Å²) in [6.45, 7) is 7.39. The van der Waals surface area contributed by atoms with Crippen LogP contribution in [0.4, 0.5) is 11.4 Å². The molecule has 10 nitrogen and oxygen atoms in total. The lowest BCUT2D eigenvalue weighted by molar-refractivity contribution is 0.0928. The molecule has 4 N–H and O–H groups in total. The van der Waals surface area contributed by atoms with Gasteiger partial charge >= 0.3 is 0 Å². The maximum absolute atomic E-state index is 13.2. The number of nitrogens with one attached hydrogen (secondary N) is 4. The number of aromatic nitrogens is 2. The van der Waals surface area contributed by atoms with Crippen molar-refractivity contribution in [2.45, 2.75) is 39.8 Å². The number of carbonyl (C=O) groups excluding carboxylic acids is 4. The van der Waals surface area contributed by atoms with Gasteiger partial charge in [-0.2, -0.15) is 0 Å². The van der Waals surface area contributed by atoms with Gasteiger partial charge in [-0.3, -0.25) is 19.2 Å². The van der Waals surface area contributed by atoms with Gasteiger partial charge in [-0.05, 0) is 87.0 Å². The van der Waals surface area contributed by atoms with E-state index in [9.17, 15) is 19.2 Å². The second-order valence-corrected chi connectivity index (χ2v) is 10.9. The van der Waals surface area contributed by atoms with Crippen molar-refractivity contribution in [3.8, 4) is 0 Å². The van der Waals surface area contributed by atoms with E-state index in [1.54, 1.807) is 48.5 Å². The van der Waals surface area contributed by atoms with Gasteiger partial charge in [0.2, 0.25) is 0 Å². The highest BCUT2D eigenvalue weighted by atomic mass is 16.2. The van der Waals surface area contributed by atoms with E-state index in [1.165, 1.54) is 0 Å². The number of anilines is 2. The third kappa shape index (κ3) is 6.70. The molecule has 10 heteroatoms. The molecule has 0 fully saturated rings. The maximum atomic E-state index is 13.2. The molecule has 5 aromatic rings. The van der Waals surface area contributed by atoms with Crippen LogP contribution in [0.25, 0.3) is 21.5 Å². The molecule has 0 radical (unpaired) electrons. The number of carbonyl (C=O) groups is 4. The number of amides is 4. The first-order valence-electron chi connectivity index (χ1n) is 14.2. The molecule has 0 atom stereocenters. The summed E-state index contributed by atoms with van der Waals surface area (Å²) >= 11 is 0. The van der Waals surface area contributed by atoms with Crippen LogP contribution in [0, 0.1) is 0 Å². The Morgan fingerprint density at radius 1 is 0.500 bits per heavy atom. The SMILES string of the molecule is CC(C)NC(=O)c1cccc(C(=O)Nc2cccc3cc4c(NC(=O)c5cccc(C(=O)NC(C)C)n5)cccc4cc23)n1. The van der Waals surface area contributed by atoms with E-state index in [4.69, 9.17) is 0 Å². The number of nitrogens with zero attached hydrogens (tertiary/aromatic N) is 2. The Bertz CT molecular complexity index is 1780. The van der Waals surface area contributed by atoms with E-state index in [-0.39, 0.29) is 46.7 Å². The van der Waals surface area contributed by atoms with Crippen molar-refractivity contribution >= 4 is 56.5 Å². The van der Waals surface area contributed by atoms with Crippen LogP contribution in [0.2, 0.25) is 0 Å². The molecular formula is C34H32N6O4. The minimum Gasteiger partial charge on any atom is -0.349 e. The van der Waals surface area contributed by atoms with Crippen LogP contribution in [0.1, 0.15) is 69.6 Å². The number of rotatable bonds is 8. The highest BCUT2D eigenvalue weighted by molar-refractivity contribution is 6.14. The predicted molar refractivity (Wildman–Crippen MR) is 171 cm³/mol. The van der Waals surface area contributed by atoms with Crippen LogP contribution < -0.4 is 21.3 Å². The average Bonchev–Trinajstić information content (AvgIpc) is 3.00. The molecule has 2 aromatic heterocycles. The first-order chi connectivity index (χ1) is 21.1. The first kappa shape index (κ1) is 29.8. The molecule has 0 spiro atoms. The van der Waals surface area contributed by atoms with Gasteiger partial charge in [0.05, 0.1) is 0 Å². The molecule has 0 aliphatic carbocycles. The number of fused-ring (bicyclic) bond motifs is 2. The molecule has 4 amide bonds. The van der Waals surface area contributed by atoms with Crippen molar-refractivity contribution in [1.82, 2.24) is 20.6 Å². The van der Waals surface area contributed by atoms with Gasteiger partial charge in [0, 0.05) is 34.2 Å². The molecule has 44 heavy (non-hydrogen) atoms. The Kier molecular flexibility index (Phi) is 8.61. The van der Waals surface area contributed by atoms with Crippen LogP contribution in [0.15, 0.2) is 84.9 Å². The van der Waals surface area contributed by atoms with Gasteiger partial charge in [-0.15, -0.1) is 0 Å². The number of pyridine rings is 2. The summed E-state index contributed by atoms with van der Waals surface area (Å²) in [5.41, 5.74) is 1.69. The standard InChI is InChI=1S/C34H32N6O4/c1-19(2)35-31(41)27-13-7-15-29(37-27)33(43)39-25-11-5-9-21-18-24-22(17-23(21)25)10-6-12-26(24)40-34(44)30-16-8-14-28(38-30)32(42)36-20(3)4/h5-20H,1-4H3,(H,35,41)(H,36,42)(H,39,43)(H,40,44). The van der Waals surface area contributed by atoms with E-state index >= 15 is 0 Å². The van der Waals surface area contributed by atoms with E-state index in [0.29, 0.717) is 11.4 Å². The molecule has 0 aliphatic rings. The van der Waals surface area contributed by atoms with Gasteiger partial charge < -0.3 is 21.3 Å². The zero-order valence-corrected chi connectivity index (χ0v) is 24.8. The van der Waals surface area contributed by atoms with Gasteiger partial charge in [-0.1, -0.05) is 36.4 Å². The fourth-order valence-electron chi connectivity index (χ4n) is 4.69. The third-order valence-corrected chi connectivity index (χ3v) is 6.64. The fraction of sp³-hybridized carbons (Fsp3) is 0.176. The lowest BCUT2D eigenvalue weighted by Gasteiger charge is -2.13. The van der Waals surface area contributed by atoms with Crippen molar-refractivity contribution in [3.05, 3.63) is 108 Å². The summed E-state index contributed by atoms with van der Waals surface area (Å²) in [6.07, 6.45) is 0. The number of benzene rings is 3. The second kappa shape index (κ2) is 12.7. The second-order valence-electron chi connectivity index (χ2n) is 10.9. The predicted octanol–water partition coefficient (Wildman–Crippen LogP) is 5.56. The highest BCUT2D eigenvalue weighted by Crippen LogP contribution is 2.32. The molecule has 0 aliphatic heterocycles. The van der Waals surface area contributed by atoms with E-state index in [1.807, 2.05) is 64.1 Å². The zero-order valence-electron chi connectivity index (χ0n) is 24.8. The molecule has 0 bridgehead atoms. The van der Waals surface area contributed by atoms with Crippen LogP contribution in [-0.2, 0) is 0 Å². The topological polar surface area (TPSA) is 142 Å². The number of hydrogen-bond acceptors (Lipinski definition) is 6. The van der Waals surface area contributed by atoms with Crippen LogP contribution in [0.5, 0.6) is 0 Å². The summed E-state index contributed by atoms with van der Waals surface area (Å²) in [7, 11) is 0. The van der Waals surface area contributed by atoms with Crippen molar-refractivity contribution < 1.29 is 19.2 Å². The molecule has 0 unspecified atom stereocenters. The Morgan fingerprint density at radius 3 is 1.20 bits per heavy atom. The third-order valence-electron chi connectivity index (χ3n) is 6.64. The first-order valence-corrected chi connectivity index (χ1v) is 14.2. The molecular weight excluding hydrogens is 556 g/mol. The molecule has 5 rings (SSSR count). The van der Waals surface area contributed by atoms with Gasteiger partial charge in [0.1, 0.15) is 22.8 Å². The van der Waals surface area contributed by atoms with Crippen molar-refractivity contribution in [1.29, 1.82) is 0 Å². The molecule has 3 aromatic carbocycles. The summed E-state index contributed by atoms with van der Waals surface area (Å²) in [5.74, 6) is -1.60. The number of hydrogen-bond donors (Lipinski definition) is 4. The summed E-state index contributed by atoms with van der Waals surface area (Å²) in [6, 6.07) is 24.3. The largest absolute Gasteiger partial charge is 0.349 e. The Balaban J connectivity index is 1.41. The summed E-state index contributed by atoms with van der Waals surface area (Å²) < 4.78 is 0. The van der Waals surface area contributed by atoms with Gasteiger partial charge in [0.25, 0.3) is 23.6 Å². The van der Waals surface area contributed by atoms with Crippen LogP contribution >= 0.6 is 0 Å². The Hall–Kier alpha value is -5.64. The van der Waals surface area contributed by atoms with Crippen LogP contribution in [-0.4, -0.2) is 45.7 Å². The Labute approximate surface area is 254 Å². The van der Waals surface area contributed by atoms with E-state index in [2.05, 4.69) is 31.2 Å². The fourth-order valence-corrected chi connectivity index (χ4v) is 4.69. The quantitative estimate of drug-likeness (QED) is 0.175. The maximum Gasteiger partial charge on any atom is 0.274 e. The zero-order chi connectivity index (χ0) is 31.4. The van der Waals surface area contributed by atoms with Crippen LogP contribution in [0.3, 0.4) is 0 Å².